The second kappa shape index (κ2) is 5.36. The van der Waals surface area contributed by atoms with Gasteiger partial charge < -0.3 is 4.90 Å². The Balaban J connectivity index is 3.61. The van der Waals surface area contributed by atoms with Gasteiger partial charge in [0.1, 0.15) is 0 Å². The molecule has 1 heteroatoms. The molecule has 0 aliphatic carbocycles. The van der Waals surface area contributed by atoms with Gasteiger partial charge in [-0.05, 0) is 33.2 Å². The molecule has 0 aromatic carbocycles. The predicted octanol–water partition coefficient (Wildman–Crippen LogP) is 2.93. The predicted molar refractivity (Wildman–Crippen MR) is 56.4 cm³/mol. The minimum atomic E-state index is 0.630. The molecule has 0 heterocycles. The Kier molecular flexibility index (Phi) is 5.23. The monoisotopic (exact) mass is 169 g/mol. The van der Waals surface area contributed by atoms with Crippen molar-refractivity contribution in [3.63, 3.8) is 0 Å². The summed E-state index contributed by atoms with van der Waals surface area (Å²) in [5.74, 6) is 0.630. The lowest BCUT2D eigenvalue weighted by Gasteiger charge is -2.22. The van der Waals surface area contributed by atoms with Crippen molar-refractivity contribution in [2.45, 2.75) is 40.2 Å². The van der Waals surface area contributed by atoms with Crippen molar-refractivity contribution in [2.75, 3.05) is 13.6 Å². The summed E-state index contributed by atoms with van der Waals surface area (Å²) in [6.07, 6.45) is 1.13. The van der Waals surface area contributed by atoms with E-state index >= 15 is 0 Å². The van der Waals surface area contributed by atoms with Crippen molar-refractivity contribution in [3.8, 4) is 0 Å². The number of rotatable bonds is 5. The lowest BCUT2D eigenvalue weighted by Crippen LogP contribution is -2.27. The molecule has 72 valence electrons. The van der Waals surface area contributed by atoms with Crippen LogP contribution < -0.4 is 0 Å². The quantitative estimate of drug-likeness (QED) is 0.572. The standard InChI is InChI=1S/C11H23N/c1-9(2)11(5)7-8-12(6)10(3)4/h9-10H,5,7-8H2,1-4,6H3. The van der Waals surface area contributed by atoms with Crippen LogP contribution in [-0.4, -0.2) is 24.5 Å². The number of hydrogen-bond acceptors (Lipinski definition) is 1. The average molecular weight is 169 g/mol. The fraction of sp³-hybridized carbons (Fsp3) is 0.818. The Morgan fingerprint density at radius 1 is 1.25 bits per heavy atom. The Bertz CT molecular complexity index is 136. The molecule has 0 fully saturated rings. The van der Waals surface area contributed by atoms with Gasteiger partial charge in [-0.15, -0.1) is 0 Å². The zero-order valence-electron chi connectivity index (χ0n) is 9.22. The Hall–Kier alpha value is -0.300. The maximum atomic E-state index is 4.06. The number of hydrogen-bond donors (Lipinski definition) is 0. The minimum absolute atomic E-state index is 0.630. The highest BCUT2D eigenvalue weighted by Crippen LogP contribution is 2.11. The molecule has 0 aliphatic rings. The molecule has 0 rings (SSSR count). The van der Waals surface area contributed by atoms with Gasteiger partial charge in [-0.1, -0.05) is 26.0 Å². The summed E-state index contributed by atoms with van der Waals surface area (Å²) in [4.78, 5) is 2.35. The molecular weight excluding hydrogens is 146 g/mol. The first-order valence-corrected chi connectivity index (χ1v) is 4.83. The molecule has 0 atom stereocenters. The van der Waals surface area contributed by atoms with Crippen LogP contribution in [0.3, 0.4) is 0 Å². The van der Waals surface area contributed by atoms with Crippen LogP contribution in [0.4, 0.5) is 0 Å². The summed E-state index contributed by atoms with van der Waals surface area (Å²) in [6.45, 7) is 14.0. The molecule has 0 radical (unpaired) electrons. The molecule has 0 unspecified atom stereocenters. The molecule has 0 amide bonds. The largest absolute Gasteiger partial charge is 0.304 e. The summed E-state index contributed by atoms with van der Waals surface area (Å²) in [6, 6.07) is 0.643. The highest BCUT2D eigenvalue weighted by atomic mass is 15.1. The first kappa shape index (κ1) is 11.7. The van der Waals surface area contributed by atoms with Crippen molar-refractivity contribution < 1.29 is 0 Å². The maximum absolute atomic E-state index is 4.06. The van der Waals surface area contributed by atoms with Gasteiger partial charge >= 0.3 is 0 Å². The van der Waals surface area contributed by atoms with Crippen molar-refractivity contribution >= 4 is 0 Å². The van der Waals surface area contributed by atoms with Crippen LogP contribution >= 0.6 is 0 Å². The maximum Gasteiger partial charge on any atom is 0.00356 e. The summed E-state index contributed by atoms with van der Waals surface area (Å²) in [5, 5.41) is 0. The fourth-order valence-electron chi connectivity index (χ4n) is 0.867. The van der Waals surface area contributed by atoms with Gasteiger partial charge in [-0.25, -0.2) is 0 Å². The van der Waals surface area contributed by atoms with Crippen LogP contribution in [0.25, 0.3) is 0 Å². The molecule has 0 saturated heterocycles. The van der Waals surface area contributed by atoms with Crippen LogP contribution in [0.1, 0.15) is 34.1 Å². The van der Waals surface area contributed by atoms with E-state index in [4.69, 9.17) is 0 Å². The third-order valence-electron chi connectivity index (χ3n) is 2.48. The average Bonchev–Trinajstić information content (AvgIpc) is 1.98. The van der Waals surface area contributed by atoms with Crippen molar-refractivity contribution in [1.82, 2.24) is 4.90 Å². The van der Waals surface area contributed by atoms with E-state index in [2.05, 4.69) is 46.2 Å². The molecule has 0 aromatic heterocycles. The van der Waals surface area contributed by atoms with Gasteiger partial charge in [0.2, 0.25) is 0 Å². The van der Waals surface area contributed by atoms with E-state index in [9.17, 15) is 0 Å². The first-order valence-electron chi connectivity index (χ1n) is 4.83. The van der Waals surface area contributed by atoms with E-state index in [-0.39, 0.29) is 0 Å². The Morgan fingerprint density at radius 3 is 2.08 bits per heavy atom. The van der Waals surface area contributed by atoms with Crippen LogP contribution in [0.2, 0.25) is 0 Å². The van der Waals surface area contributed by atoms with E-state index in [0.29, 0.717) is 12.0 Å². The zero-order valence-corrected chi connectivity index (χ0v) is 9.22. The van der Waals surface area contributed by atoms with E-state index in [1.807, 2.05) is 0 Å². The second-order valence-corrected chi connectivity index (χ2v) is 4.14. The van der Waals surface area contributed by atoms with Crippen molar-refractivity contribution in [2.24, 2.45) is 5.92 Å². The van der Waals surface area contributed by atoms with Crippen LogP contribution in [-0.2, 0) is 0 Å². The first-order chi connectivity index (χ1) is 5.45. The summed E-state index contributed by atoms with van der Waals surface area (Å²) < 4.78 is 0. The second-order valence-electron chi connectivity index (χ2n) is 4.14. The van der Waals surface area contributed by atoms with Gasteiger partial charge in [-0.3, -0.25) is 0 Å². The lowest BCUT2D eigenvalue weighted by molar-refractivity contribution is 0.275. The molecule has 0 aromatic rings. The van der Waals surface area contributed by atoms with Gasteiger partial charge in [0.05, 0.1) is 0 Å². The molecule has 0 saturated carbocycles. The Labute approximate surface area is 77.5 Å². The third kappa shape index (κ3) is 4.55. The Morgan fingerprint density at radius 2 is 1.75 bits per heavy atom. The smallest absolute Gasteiger partial charge is 0.00356 e. The molecule has 0 spiro atoms. The normalized spacial score (nSPS) is 11.7. The van der Waals surface area contributed by atoms with E-state index in [1.165, 1.54) is 5.57 Å². The molecular formula is C11H23N. The van der Waals surface area contributed by atoms with Gasteiger partial charge in [0.15, 0.2) is 0 Å². The fourth-order valence-corrected chi connectivity index (χ4v) is 0.867. The van der Waals surface area contributed by atoms with E-state index in [1.54, 1.807) is 0 Å². The molecule has 0 N–H and O–H groups in total. The summed E-state index contributed by atoms with van der Waals surface area (Å²) in [5.41, 5.74) is 1.36. The zero-order chi connectivity index (χ0) is 9.72. The van der Waals surface area contributed by atoms with E-state index < -0.39 is 0 Å². The third-order valence-corrected chi connectivity index (χ3v) is 2.48. The molecule has 1 nitrogen and oxygen atoms in total. The van der Waals surface area contributed by atoms with Crippen molar-refractivity contribution in [3.05, 3.63) is 12.2 Å². The van der Waals surface area contributed by atoms with Gasteiger partial charge in [-0.2, -0.15) is 0 Å². The molecule has 12 heavy (non-hydrogen) atoms. The van der Waals surface area contributed by atoms with Crippen LogP contribution in [0, 0.1) is 5.92 Å². The van der Waals surface area contributed by atoms with Gasteiger partial charge in [0, 0.05) is 12.6 Å². The minimum Gasteiger partial charge on any atom is -0.304 e. The lowest BCUT2D eigenvalue weighted by atomic mass is 10.0. The van der Waals surface area contributed by atoms with Gasteiger partial charge in [0.25, 0.3) is 0 Å². The summed E-state index contributed by atoms with van der Waals surface area (Å²) >= 11 is 0. The highest BCUT2D eigenvalue weighted by Gasteiger charge is 2.05. The topological polar surface area (TPSA) is 3.24 Å². The van der Waals surface area contributed by atoms with Crippen molar-refractivity contribution in [1.29, 1.82) is 0 Å². The number of nitrogens with zero attached hydrogens (tertiary/aromatic N) is 1. The summed E-state index contributed by atoms with van der Waals surface area (Å²) in [7, 11) is 2.16. The highest BCUT2D eigenvalue weighted by molar-refractivity contribution is 4.97. The SMILES string of the molecule is C=C(CCN(C)C(C)C)C(C)C. The van der Waals surface area contributed by atoms with Crippen LogP contribution in [0.5, 0.6) is 0 Å². The molecule has 0 bridgehead atoms. The van der Waals surface area contributed by atoms with E-state index in [0.717, 1.165) is 13.0 Å². The van der Waals surface area contributed by atoms with Crippen LogP contribution in [0.15, 0.2) is 12.2 Å². The molecule has 0 aliphatic heterocycles.